The molecule has 0 aliphatic rings. The topological polar surface area (TPSA) is 68.2 Å². The van der Waals surface area contributed by atoms with E-state index in [0.29, 0.717) is 24.4 Å². The van der Waals surface area contributed by atoms with Crippen LogP contribution in [0.15, 0.2) is 36.7 Å². The summed E-state index contributed by atoms with van der Waals surface area (Å²) in [7, 11) is 1.64. The van der Waals surface area contributed by atoms with Gasteiger partial charge in [-0.25, -0.2) is 0 Å². The van der Waals surface area contributed by atoms with Crippen molar-refractivity contribution >= 4 is 17.3 Å². The summed E-state index contributed by atoms with van der Waals surface area (Å²) in [6, 6.07) is 7.37. The van der Waals surface area contributed by atoms with Crippen LogP contribution in [0.4, 0.5) is 11.4 Å². The van der Waals surface area contributed by atoms with E-state index in [-0.39, 0.29) is 5.91 Å². The fraction of sp³-hybridized carbons (Fsp3) is 0.333. The molecule has 0 atom stereocenters. The van der Waals surface area contributed by atoms with Gasteiger partial charge in [0.2, 0.25) is 0 Å². The minimum Gasteiger partial charge on any atom is -0.385 e. The van der Waals surface area contributed by atoms with Crippen molar-refractivity contribution in [2.24, 2.45) is 0 Å². The van der Waals surface area contributed by atoms with Gasteiger partial charge in [0.05, 0.1) is 25.0 Å². The molecule has 6 heteroatoms. The molecule has 2 rings (SSSR count). The van der Waals surface area contributed by atoms with E-state index in [4.69, 9.17) is 4.74 Å². The van der Waals surface area contributed by atoms with Crippen molar-refractivity contribution < 1.29 is 9.53 Å². The maximum Gasteiger partial charge on any atom is 0.255 e. The van der Waals surface area contributed by atoms with E-state index < -0.39 is 0 Å². The van der Waals surface area contributed by atoms with E-state index in [1.807, 2.05) is 19.1 Å². The summed E-state index contributed by atoms with van der Waals surface area (Å²) < 4.78 is 6.71. The van der Waals surface area contributed by atoms with Gasteiger partial charge in [0.15, 0.2) is 0 Å². The second-order valence-electron chi connectivity index (χ2n) is 4.55. The molecule has 2 aromatic rings. The zero-order valence-corrected chi connectivity index (χ0v) is 12.3. The Bertz CT molecular complexity index is 578. The summed E-state index contributed by atoms with van der Waals surface area (Å²) in [6.45, 7) is 4.12. The summed E-state index contributed by atoms with van der Waals surface area (Å²) >= 11 is 0. The van der Waals surface area contributed by atoms with Crippen molar-refractivity contribution in [3.8, 4) is 0 Å². The van der Waals surface area contributed by atoms with E-state index in [1.165, 1.54) is 0 Å². The van der Waals surface area contributed by atoms with Crippen molar-refractivity contribution in [1.29, 1.82) is 0 Å². The highest BCUT2D eigenvalue weighted by atomic mass is 16.5. The normalized spacial score (nSPS) is 10.4. The van der Waals surface area contributed by atoms with E-state index in [9.17, 15) is 4.79 Å². The average molecular weight is 288 g/mol. The van der Waals surface area contributed by atoms with Crippen LogP contribution in [-0.4, -0.2) is 35.9 Å². The first-order valence-electron chi connectivity index (χ1n) is 6.89. The highest BCUT2D eigenvalue weighted by Gasteiger charge is 2.07. The van der Waals surface area contributed by atoms with E-state index >= 15 is 0 Å². The number of nitrogens with one attached hydrogen (secondary N) is 2. The molecule has 0 bridgehead atoms. The molecule has 112 valence electrons. The van der Waals surface area contributed by atoms with Crippen LogP contribution in [0.1, 0.15) is 17.3 Å². The maximum atomic E-state index is 12.1. The minimum atomic E-state index is -0.149. The number of aromatic nitrogens is 2. The number of anilines is 2. The quantitative estimate of drug-likeness (QED) is 0.819. The zero-order valence-electron chi connectivity index (χ0n) is 12.3. The molecule has 0 saturated carbocycles. The number of rotatable bonds is 7. The number of carbonyl (C=O) groups is 1. The van der Waals surface area contributed by atoms with Crippen molar-refractivity contribution in [3.05, 3.63) is 42.2 Å². The van der Waals surface area contributed by atoms with Crippen LogP contribution >= 0.6 is 0 Å². The minimum absolute atomic E-state index is 0.149. The fourth-order valence-electron chi connectivity index (χ4n) is 1.88. The lowest BCUT2D eigenvalue weighted by Crippen LogP contribution is -2.11. The molecule has 1 aromatic heterocycles. The first-order valence-corrected chi connectivity index (χ1v) is 6.89. The van der Waals surface area contributed by atoms with Gasteiger partial charge in [-0.3, -0.25) is 9.48 Å². The number of hydrogen-bond acceptors (Lipinski definition) is 4. The smallest absolute Gasteiger partial charge is 0.255 e. The summed E-state index contributed by atoms with van der Waals surface area (Å²) in [5, 5.41) is 10.2. The SMILES string of the molecule is CCNc1ccc(C(=O)Nc2cnn(CCOC)c2)cc1. The van der Waals surface area contributed by atoms with Crippen LogP contribution in [-0.2, 0) is 11.3 Å². The predicted octanol–water partition coefficient (Wildman–Crippen LogP) is 2.21. The summed E-state index contributed by atoms with van der Waals surface area (Å²) in [4.78, 5) is 12.1. The van der Waals surface area contributed by atoms with Gasteiger partial charge >= 0.3 is 0 Å². The monoisotopic (exact) mass is 288 g/mol. The number of carbonyl (C=O) groups excluding carboxylic acids is 1. The van der Waals surface area contributed by atoms with Crippen LogP contribution in [0.25, 0.3) is 0 Å². The number of ether oxygens (including phenoxy) is 1. The van der Waals surface area contributed by atoms with Gasteiger partial charge in [-0.15, -0.1) is 0 Å². The van der Waals surface area contributed by atoms with E-state index in [2.05, 4.69) is 15.7 Å². The van der Waals surface area contributed by atoms with Gasteiger partial charge in [-0.1, -0.05) is 0 Å². The molecule has 0 fully saturated rings. The maximum absolute atomic E-state index is 12.1. The Kier molecular flexibility index (Phi) is 5.34. The van der Waals surface area contributed by atoms with Gasteiger partial charge < -0.3 is 15.4 Å². The molecule has 0 aliphatic carbocycles. The molecule has 1 heterocycles. The van der Waals surface area contributed by atoms with Crippen LogP contribution in [0.2, 0.25) is 0 Å². The van der Waals surface area contributed by atoms with Gasteiger partial charge in [0.1, 0.15) is 0 Å². The Morgan fingerprint density at radius 2 is 2.05 bits per heavy atom. The van der Waals surface area contributed by atoms with Crippen molar-refractivity contribution in [3.63, 3.8) is 0 Å². The van der Waals surface area contributed by atoms with Crippen LogP contribution in [0.3, 0.4) is 0 Å². The Labute approximate surface area is 124 Å². The van der Waals surface area contributed by atoms with Gasteiger partial charge in [-0.05, 0) is 31.2 Å². The summed E-state index contributed by atoms with van der Waals surface area (Å²) in [6.07, 6.45) is 3.41. The largest absolute Gasteiger partial charge is 0.385 e. The molecule has 21 heavy (non-hydrogen) atoms. The summed E-state index contributed by atoms with van der Waals surface area (Å²) in [5.41, 5.74) is 2.29. The van der Waals surface area contributed by atoms with E-state index in [1.54, 1.807) is 36.3 Å². The molecular weight excluding hydrogens is 268 g/mol. The number of nitrogens with zero attached hydrogens (tertiary/aromatic N) is 2. The lowest BCUT2D eigenvalue weighted by Gasteiger charge is -2.05. The second kappa shape index (κ2) is 7.44. The molecule has 1 aromatic carbocycles. The van der Waals surface area contributed by atoms with Crippen molar-refractivity contribution in [2.75, 3.05) is 30.9 Å². The Balaban J connectivity index is 1.95. The number of benzene rings is 1. The summed E-state index contributed by atoms with van der Waals surface area (Å²) in [5.74, 6) is -0.149. The van der Waals surface area contributed by atoms with Gasteiger partial charge in [0, 0.05) is 31.1 Å². The van der Waals surface area contributed by atoms with Crippen LogP contribution in [0, 0.1) is 0 Å². The molecule has 1 amide bonds. The highest BCUT2D eigenvalue weighted by molar-refractivity contribution is 6.04. The molecule has 2 N–H and O–H groups in total. The third-order valence-corrected chi connectivity index (χ3v) is 2.94. The zero-order chi connectivity index (χ0) is 15.1. The van der Waals surface area contributed by atoms with Crippen molar-refractivity contribution in [2.45, 2.75) is 13.5 Å². The molecule has 0 unspecified atom stereocenters. The first-order chi connectivity index (χ1) is 10.2. The Morgan fingerprint density at radius 1 is 1.29 bits per heavy atom. The van der Waals surface area contributed by atoms with Crippen LogP contribution in [0.5, 0.6) is 0 Å². The van der Waals surface area contributed by atoms with E-state index in [0.717, 1.165) is 12.2 Å². The lowest BCUT2D eigenvalue weighted by atomic mass is 10.2. The third kappa shape index (κ3) is 4.32. The molecule has 6 nitrogen and oxygen atoms in total. The highest BCUT2D eigenvalue weighted by Crippen LogP contribution is 2.12. The third-order valence-electron chi connectivity index (χ3n) is 2.94. The molecule has 0 saturated heterocycles. The molecular formula is C15H20N4O2. The van der Waals surface area contributed by atoms with Gasteiger partial charge in [0.25, 0.3) is 5.91 Å². The number of methoxy groups -OCH3 is 1. The van der Waals surface area contributed by atoms with Gasteiger partial charge in [-0.2, -0.15) is 5.10 Å². The second-order valence-corrected chi connectivity index (χ2v) is 4.55. The number of hydrogen-bond donors (Lipinski definition) is 2. The standard InChI is InChI=1S/C15H20N4O2/c1-3-16-13-6-4-12(5-7-13)15(20)18-14-10-17-19(11-14)8-9-21-2/h4-7,10-11,16H,3,8-9H2,1-2H3,(H,18,20). The van der Waals surface area contributed by atoms with Crippen molar-refractivity contribution in [1.82, 2.24) is 9.78 Å². The lowest BCUT2D eigenvalue weighted by molar-refractivity contribution is 0.102. The number of amides is 1. The molecule has 0 aliphatic heterocycles. The Hall–Kier alpha value is -2.34. The van der Waals surface area contributed by atoms with Crippen LogP contribution < -0.4 is 10.6 Å². The average Bonchev–Trinajstić information content (AvgIpc) is 2.93. The predicted molar refractivity (Wildman–Crippen MR) is 82.7 cm³/mol. The first kappa shape index (κ1) is 15.1. The molecule has 0 radical (unpaired) electrons. The fourth-order valence-corrected chi connectivity index (χ4v) is 1.88. The molecule has 0 spiro atoms. The Morgan fingerprint density at radius 3 is 2.71 bits per heavy atom.